The van der Waals surface area contributed by atoms with E-state index in [1.807, 2.05) is 24.3 Å². The van der Waals surface area contributed by atoms with Gasteiger partial charge in [-0.25, -0.2) is 0 Å². The highest BCUT2D eigenvalue weighted by Gasteiger charge is 2.16. The highest BCUT2D eigenvalue weighted by Crippen LogP contribution is 2.27. The Balaban J connectivity index is 1.77. The minimum atomic E-state index is -0.153. The number of amides is 2. The van der Waals surface area contributed by atoms with Gasteiger partial charge in [-0.15, -0.1) is 0 Å². The maximum Gasteiger partial charge on any atom is 0.223 e. The van der Waals surface area contributed by atoms with Crippen LogP contribution in [-0.4, -0.2) is 45.7 Å². The fourth-order valence-corrected chi connectivity index (χ4v) is 2.63. The van der Waals surface area contributed by atoms with Crippen LogP contribution in [-0.2, 0) is 9.59 Å². The van der Waals surface area contributed by atoms with Gasteiger partial charge in [-0.05, 0) is 36.4 Å². The molecule has 2 aromatic carbocycles. The summed E-state index contributed by atoms with van der Waals surface area (Å²) < 4.78 is 16.0. The fourth-order valence-electron chi connectivity index (χ4n) is 2.63. The molecule has 0 unspecified atom stereocenters. The Hall–Kier alpha value is -3.22. The molecule has 0 saturated heterocycles. The molecule has 0 atom stereocenters. The van der Waals surface area contributed by atoms with E-state index in [4.69, 9.17) is 14.2 Å². The summed E-state index contributed by atoms with van der Waals surface area (Å²) in [6, 6.07) is 14.4. The smallest absolute Gasteiger partial charge is 0.223 e. The van der Waals surface area contributed by atoms with Gasteiger partial charge < -0.3 is 24.4 Å². The van der Waals surface area contributed by atoms with Crippen molar-refractivity contribution in [1.82, 2.24) is 5.32 Å². The first-order valence-electron chi connectivity index (χ1n) is 9.00. The van der Waals surface area contributed by atoms with E-state index >= 15 is 0 Å². The van der Waals surface area contributed by atoms with Crippen LogP contribution in [0.15, 0.2) is 48.5 Å². The number of benzene rings is 2. The Kier molecular flexibility index (Phi) is 8.14. The maximum absolute atomic E-state index is 12.1. The van der Waals surface area contributed by atoms with Crippen molar-refractivity contribution in [2.45, 2.75) is 13.3 Å². The number of methoxy groups -OCH3 is 2. The molecule has 0 bridgehead atoms. The number of carbonyl (C=O) groups excluding carboxylic acids is 2. The summed E-state index contributed by atoms with van der Waals surface area (Å²) in [5, 5.41) is 2.79. The van der Waals surface area contributed by atoms with Crippen LogP contribution < -0.4 is 24.4 Å². The van der Waals surface area contributed by atoms with Crippen LogP contribution in [0, 0.1) is 0 Å². The van der Waals surface area contributed by atoms with E-state index < -0.39 is 0 Å². The van der Waals surface area contributed by atoms with Gasteiger partial charge in [0.1, 0.15) is 23.9 Å². The fraction of sp³-hybridized carbons (Fsp3) is 0.333. The molecule has 0 fully saturated rings. The van der Waals surface area contributed by atoms with Gasteiger partial charge in [-0.2, -0.15) is 0 Å². The molecule has 150 valence electrons. The predicted molar refractivity (Wildman–Crippen MR) is 107 cm³/mol. The molecule has 0 aliphatic heterocycles. The molecule has 0 aliphatic carbocycles. The zero-order chi connectivity index (χ0) is 20.4. The molecule has 28 heavy (non-hydrogen) atoms. The first-order chi connectivity index (χ1) is 13.5. The highest BCUT2D eigenvalue weighted by molar-refractivity contribution is 5.93. The molecule has 0 heterocycles. The molecule has 2 rings (SSSR count). The number of ether oxygens (including phenoxy) is 3. The number of rotatable bonds is 10. The van der Waals surface area contributed by atoms with Crippen LogP contribution in [0.25, 0.3) is 0 Å². The summed E-state index contributed by atoms with van der Waals surface area (Å²) in [6.45, 7) is 2.45. The topological polar surface area (TPSA) is 77.1 Å². The summed E-state index contributed by atoms with van der Waals surface area (Å²) in [5.74, 6) is 1.74. The van der Waals surface area contributed by atoms with Gasteiger partial charge >= 0.3 is 0 Å². The SMILES string of the molecule is COc1ccc(OCCNC(=O)CCN(C(C)=O)c2ccccc2OC)cc1. The second-order valence-corrected chi connectivity index (χ2v) is 5.97. The lowest BCUT2D eigenvalue weighted by molar-refractivity contribution is -0.121. The first kappa shape index (κ1) is 21.1. The van der Waals surface area contributed by atoms with E-state index in [9.17, 15) is 9.59 Å². The summed E-state index contributed by atoms with van der Waals surface area (Å²) in [4.78, 5) is 25.6. The number of nitrogens with zero attached hydrogens (tertiary/aromatic N) is 1. The lowest BCUT2D eigenvalue weighted by Gasteiger charge is -2.23. The summed E-state index contributed by atoms with van der Waals surface area (Å²) >= 11 is 0. The van der Waals surface area contributed by atoms with Gasteiger partial charge in [0.2, 0.25) is 11.8 Å². The third kappa shape index (κ3) is 6.19. The molecule has 2 aromatic rings. The van der Waals surface area contributed by atoms with E-state index in [1.165, 1.54) is 11.8 Å². The van der Waals surface area contributed by atoms with Crippen molar-refractivity contribution in [3.63, 3.8) is 0 Å². The third-order valence-corrected chi connectivity index (χ3v) is 4.07. The molecule has 0 aromatic heterocycles. The van der Waals surface area contributed by atoms with Gasteiger partial charge in [0.25, 0.3) is 0 Å². The van der Waals surface area contributed by atoms with E-state index in [2.05, 4.69) is 5.32 Å². The summed E-state index contributed by atoms with van der Waals surface area (Å²) in [6.07, 6.45) is 0.181. The number of anilines is 1. The van der Waals surface area contributed by atoms with Crippen molar-refractivity contribution in [1.29, 1.82) is 0 Å². The summed E-state index contributed by atoms with van der Waals surface area (Å²) in [5.41, 5.74) is 0.646. The van der Waals surface area contributed by atoms with Crippen molar-refractivity contribution >= 4 is 17.5 Å². The van der Waals surface area contributed by atoms with E-state index in [0.29, 0.717) is 30.3 Å². The van der Waals surface area contributed by atoms with E-state index in [0.717, 1.165) is 5.75 Å². The number of para-hydroxylation sites is 2. The number of carbonyl (C=O) groups is 2. The van der Waals surface area contributed by atoms with Crippen LogP contribution >= 0.6 is 0 Å². The molecule has 0 radical (unpaired) electrons. The Morgan fingerprint density at radius 2 is 1.64 bits per heavy atom. The molecule has 1 N–H and O–H groups in total. The maximum atomic E-state index is 12.1. The Bertz CT molecular complexity index is 777. The molecule has 2 amide bonds. The summed E-state index contributed by atoms with van der Waals surface area (Å²) in [7, 11) is 3.15. The lowest BCUT2D eigenvalue weighted by Crippen LogP contribution is -2.35. The van der Waals surface area contributed by atoms with Crippen molar-refractivity contribution < 1.29 is 23.8 Å². The lowest BCUT2D eigenvalue weighted by atomic mass is 10.2. The van der Waals surface area contributed by atoms with E-state index in [-0.39, 0.29) is 24.8 Å². The Morgan fingerprint density at radius 1 is 0.964 bits per heavy atom. The standard InChI is InChI=1S/C21H26N2O5/c1-16(24)23(19-6-4-5-7-20(19)27-3)14-12-21(25)22-13-15-28-18-10-8-17(26-2)9-11-18/h4-11H,12-15H2,1-3H3,(H,22,25). The van der Waals surface area contributed by atoms with Gasteiger partial charge in [-0.3, -0.25) is 9.59 Å². The number of nitrogens with one attached hydrogen (secondary N) is 1. The van der Waals surface area contributed by atoms with Crippen molar-refractivity contribution in [2.75, 3.05) is 38.8 Å². The molecule has 0 aliphatic rings. The van der Waals surface area contributed by atoms with Crippen LogP contribution in [0.2, 0.25) is 0 Å². The minimum Gasteiger partial charge on any atom is -0.497 e. The first-order valence-corrected chi connectivity index (χ1v) is 9.00. The predicted octanol–water partition coefficient (Wildman–Crippen LogP) is 2.64. The van der Waals surface area contributed by atoms with Gasteiger partial charge in [0.15, 0.2) is 0 Å². The Labute approximate surface area is 165 Å². The van der Waals surface area contributed by atoms with Gasteiger partial charge in [0.05, 0.1) is 26.5 Å². The average Bonchev–Trinajstić information content (AvgIpc) is 2.72. The zero-order valence-corrected chi connectivity index (χ0v) is 16.4. The van der Waals surface area contributed by atoms with Crippen LogP contribution in [0.5, 0.6) is 17.2 Å². The van der Waals surface area contributed by atoms with Gasteiger partial charge in [0, 0.05) is 19.9 Å². The van der Waals surface area contributed by atoms with Crippen molar-refractivity contribution in [3.05, 3.63) is 48.5 Å². The zero-order valence-electron chi connectivity index (χ0n) is 16.4. The van der Waals surface area contributed by atoms with Crippen molar-refractivity contribution in [2.24, 2.45) is 0 Å². The van der Waals surface area contributed by atoms with Crippen molar-refractivity contribution in [3.8, 4) is 17.2 Å². The third-order valence-electron chi connectivity index (χ3n) is 4.07. The second-order valence-electron chi connectivity index (χ2n) is 5.97. The van der Waals surface area contributed by atoms with Crippen LogP contribution in [0.1, 0.15) is 13.3 Å². The molecule has 7 heteroatoms. The number of hydrogen-bond acceptors (Lipinski definition) is 5. The monoisotopic (exact) mass is 386 g/mol. The van der Waals surface area contributed by atoms with Gasteiger partial charge in [-0.1, -0.05) is 12.1 Å². The minimum absolute atomic E-state index is 0.153. The Morgan fingerprint density at radius 3 is 2.29 bits per heavy atom. The highest BCUT2D eigenvalue weighted by atomic mass is 16.5. The van der Waals surface area contributed by atoms with E-state index in [1.54, 1.807) is 38.5 Å². The second kappa shape index (κ2) is 10.8. The largest absolute Gasteiger partial charge is 0.497 e. The quantitative estimate of drug-likeness (QED) is 0.635. The molecule has 0 saturated carbocycles. The molecular formula is C21H26N2O5. The average molecular weight is 386 g/mol. The number of hydrogen-bond donors (Lipinski definition) is 1. The molecule has 0 spiro atoms. The van der Waals surface area contributed by atoms with Crippen LogP contribution in [0.4, 0.5) is 5.69 Å². The molecular weight excluding hydrogens is 360 g/mol. The normalized spacial score (nSPS) is 10.1. The molecule has 7 nitrogen and oxygen atoms in total. The van der Waals surface area contributed by atoms with Crippen LogP contribution in [0.3, 0.4) is 0 Å².